The van der Waals surface area contributed by atoms with E-state index in [1.165, 1.54) is 0 Å². The first-order valence-electron chi connectivity index (χ1n) is 5.80. The summed E-state index contributed by atoms with van der Waals surface area (Å²) >= 11 is 0. The molecule has 0 atom stereocenters. The molecule has 0 unspecified atom stereocenters. The second kappa shape index (κ2) is 5.10. The number of carbonyl (C=O) groups excluding carboxylic acids is 1. The molecule has 1 aromatic rings. The number of aldehydes is 1. The van der Waals surface area contributed by atoms with Crippen molar-refractivity contribution in [2.45, 2.75) is 45.5 Å². The highest BCUT2D eigenvalue weighted by Crippen LogP contribution is 2.36. The first kappa shape index (κ1) is 14.1. The average Bonchev–Trinajstić information content (AvgIpc) is 2.25. The van der Waals surface area contributed by atoms with E-state index in [1.54, 1.807) is 12.3 Å². The van der Waals surface area contributed by atoms with Crippen LogP contribution >= 0.6 is 0 Å². The van der Waals surface area contributed by atoms with Crippen LogP contribution in [0, 0.1) is 0 Å². The summed E-state index contributed by atoms with van der Waals surface area (Å²) in [5, 5.41) is 0.204. The van der Waals surface area contributed by atoms with E-state index in [2.05, 4.69) is 38.8 Å². The van der Waals surface area contributed by atoms with Crippen LogP contribution in [-0.4, -0.2) is 19.6 Å². The van der Waals surface area contributed by atoms with Gasteiger partial charge in [-0.2, -0.15) is 0 Å². The van der Waals surface area contributed by atoms with Gasteiger partial charge in [0.1, 0.15) is 0 Å². The summed E-state index contributed by atoms with van der Waals surface area (Å²) < 4.78 is 6.04. The standard InChI is InChI=1S/C13H21NO2Si/c1-13(2,3)17(4,5)16-10-12-7-6-11(9-15)8-14-12/h6-9H,10H2,1-5H3. The first-order chi connectivity index (χ1) is 7.76. The van der Waals surface area contributed by atoms with Crippen LogP contribution < -0.4 is 0 Å². The largest absolute Gasteiger partial charge is 0.411 e. The Kier molecular flexibility index (Phi) is 4.22. The van der Waals surface area contributed by atoms with E-state index in [-0.39, 0.29) is 5.04 Å². The molecule has 4 heteroatoms. The van der Waals surface area contributed by atoms with Crippen molar-refractivity contribution in [1.82, 2.24) is 4.98 Å². The molecule has 17 heavy (non-hydrogen) atoms. The Morgan fingerprint density at radius 2 is 2.00 bits per heavy atom. The summed E-state index contributed by atoms with van der Waals surface area (Å²) in [7, 11) is -1.72. The third-order valence-electron chi connectivity index (χ3n) is 3.37. The maximum atomic E-state index is 10.5. The number of hydrogen-bond acceptors (Lipinski definition) is 3. The minimum Gasteiger partial charge on any atom is -0.411 e. The van der Waals surface area contributed by atoms with E-state index >= 15 is 0 Å². The van der Waals surface area contributed by atoms with E-state index in [9.17, 15) is 4.79 Å². The van der Waals surface area contributed by atoms with Crippen molar-refractivity contribution in [2.24, 2.45) is 0 Å². The lowest BCUT2D eigenvalue weighted by Gasteiger charge is -2.36. The Bertz CT molecular complexity index is 379. The lowest BCUT2D eigenvalue weighted by atomic mass is 10.2. The van der Waals surface area contributed by atoms with E-state index in [4.69, 9.17) is 4.43 Å². The van der Waals surface area contributed by atoms with Gasteiger partial charge in [-0.05, 0) is 30.3 Å². The Morgan fingerprint density at radius 1 is 1.35 bits per heavy atom. The molecule has 1 heterocycles. The molecule has 0 aliphatic rings. The van der Waals surface area contributed by atoms with Crippen molar-refractivity contribution >= 4 is 14.6 Å². The predicted octanol–water partition coefficient (Wildman–Crippen LogP) is 3.42. The van der Waals surface area contributed by atoms with E-state index in [0.717, 1.165) is 12.0 Å². The Balaban J connectivity index is 2.64. The maximum absolute atomic E-state index is 10.5. The molecule has 3 nitrogen and oxygen atoms in total. The number of aromatic nitrogens is 1. The lowest BCUT2D eigenvalue weighted by molar-refractivity contribution is 0.112. The highest BCUT2D eigenvalue weighted by molar-refractivity contribution is 6.74. The highest BCUT2D eigenvalue weighted by Gasteiger charge is 2.37. The Labute approximate surface area is 104 Å². The van der Waals surface area contributed by atoms with Crippen molar-refractivity contribution in [3.05, 3.63) is 29.6 Å². The third-order valence-corrected chi connectivity index (χ3v) is 7.85. The zero-order chi connectivity index (χ0) is 13.1. The number of pyridine rings is 1. The van der Waals surface area contributed by atoms with Gasteiger partial charge in [0.15, 0.2) is 14.6 Å². The minimum atomic E-state index is -1.72. The zero-order valence-corrected chi connectivity index (χ0v) is 12.3. The fourth-order valence-corrected chi connectivity index (χ4v) is 2.00. The van der Waals surface area contributed by atoms with Crippen molar-refractivity contribution < 1.29 is 9.22 Å². The van der Waals surface area contributed by atoms with Gasteiger partial charge >= 0.3 is 0 Å². The van der Waals surface area contributed by atoms with E-state index < -0.39 is 8.32 Å². The quantitative estimate of drug-likeness (QED) is 0.608. The topological polar surface area (TPSA) is 39.2 Å². The van der Waals surface area contributed by atoms with Gasteiger partial charge in [-0.3, -0.25) is 9.78 Å². The van der Waals surface area contributed by atoms with Crippen LogP contribution in [0.2, 0.25) is 18.1 Å². The minimum absolute atomic E-state index is 0.204. The highest BCUT2D eigenvalue weighted by atomic mass is 28.4. The molecular weight excluding hydrogens is 230 g/mol. The second-order valence-electron chi connectivity index (χ2n) is 5.75. The van der Waals surface area contributed by atoms with Crippen molar-refractivity contribution in [3.8, 4) is 0 Å². The van der Waals surface area contributed by atoms with Gasteiger partial charge in [-0.15, -0.1) is 0 Å². The fourth-order valence-electron chi connectivity index (χ4n) is 1.06. The van der Waals surface area contributed by atoms with Gasteiger partial charge in [0.25, 0.3) is 0 Å². The number of nitrogens with zero attached hydrogens (tertiary/aromatic N) is 1. The van der Waals surface area contributed by atoms with E-state index in [1.807, 2.05) is 6.07 Å². The molecule has 0 saturated heterocycles. The van der Waals surface area contributed by atoms with Crippen molar-refractivity contribution in [1.29, 1.82) is 0 Å². The molecule has 0 fully saturated rings. The molecule has 0 radical (unpaired) electrons. The SMILES string of the molecule is CC(C)(C)[Si](C)(C)OCc1ccc(C=O)cn1. The molecule has 0 bridgehead atoms. The van der Waals surface area contributed by atoms with E-state index in [0.29, 0.717) is 12.2 Å². The molecule has 1 rings (SSSR count). The van der Waals surface area contributed by atoms with Crippen LogP contribution in [0.15, 0.2) is 18.3 Å². The summed E-state index contributed by atoms with van der Waals surface area (Å²) in [6.45, 7) is 11.6. The van der Waals surface area contributed by atoms with Gasteiger partial charge in [0, 0.05) is 11.8 Å². The molecule has 94 valence electrons. The predicted molar refractivity (Wildman–Crippen MR) is 71.6 cm³/mol. The monoisotopic (exact) mass is 251 g/mol. The van der Waals surface area contributed by atoms with Gasteiger partial charge < -0.3 is 4.43 Å². The maximum Gasteiger partial charge on any atom is 0.192 e. The molecule has 0 amide bonds. The molecule has 0 aliphatic heterocycles. The van der Waals surface area contributed by atoms with Gasteiger partial charge in [-0.1, -0.05) is 20.8 Å². The molecule has 0 aliphatic carbocycles. The summed E-state index contributed by atoms with van der Waals surface area (Å²) in [6, 6.07) is 3.61. The van der Waals surface area contributed by atoms with Crippen molar-refractivity contribution in [2.75, 3.05) is 0 Å². The molecular formula is C13H21NO2Si. The zero-order valence-electron chi connectivity index (χ0n) is 11.3. The normalized spacial score (nSPS) is 12.5. The molecule has 0 aromatic carbocycles. The first-order valence-corrected chi connectivity index (χ1v) is 8.71. The summed E-state index contributed by atoms with van der Waals surface area (Å²) in [4.78, 5) is 14.7. The Hall–Kier alpha value is -1.00. The fraction of sp³-hybridized carbons (Fsp3) is 0.538. The summed E-state index contributed by atoms with van der Waals surface area (Å²) in [5.41, 5.74) is 1.47. The van der Waals surface area contributed by atoms with Crippen LogP contribution in [0.3, 0.4) is 0 Å². The molecule has 0 saturated carbocycles. The summed E-state index contributed by atoms with van der Waals surface area (Å²) in [5.74, 6) is 0. The molecule has 0 N–H and O–H groups in total. The third kappa shape index (κ3) is 3.75. The number of hydrogen-bond donors (Lipinski definition) is 0. The molecule has 0 spiro atoms. The Morgan fingerprint density at radius 3 is 2.41 bits per heavy atom. The lowest BCUT2D eigenvalue weighted by Crippen LogP contribution is -2.40. The van der Waals surface area contributed by atoms with Gasteiger partial charge in [-0.25, -0.2) is 0 Å². The summed E-state index contributed by atoms with van der Waals surface area (Å²) in [6.07, 6.45) is 2.38. The number of rotatable bonds is 4. The van der Waals surface area contributed by atoms with Gasteiger partial charge in [0.05, 0.1) is 12.3 Å². The molecule has 1 aromatic heterocycles. The van der Waals surface area contributed by atoms with Crippen LogP contribution in [0.25, 0.3) is 0 Å². The average molecular weight is 251 g/mol. The van der Waals surface area contributed by atoms with Crippen LogP contribution in [0.1, 0.15) is 36.8 Å². The van der Waals surface area contributed by atoms with Crippen LogP contribution in [0.5, 0.6) is 0 Å². The number of carbonyl (C=O) groups is 1. The van der Waals surface area contributed by atoms with Gasteiger partial charge in [0.2, 0.25) is 0 Å². The van der Waals surface area contributed by atoms with Crippen LogP contribution in [-0.2, 0) is 11.0 Å². The van der Waals surface area contributed by atoms with Crippen LogP contribution in [0.4, 0.5) is 0 Å². The van der Waals surface area contributed by atoms with Crippen molar-refractivity contribution in [3.63, 3.8) is 0 Å². The second-order valence-corrected chi connectivity index (χ2v) is 10.6. The smallest absolute Gasteiger partial charge is 0.192 e.